The summed E-state index contributed by atoms with van der Waals surface area (Å²) in [5, 5.41) is 4.44. The van der Waals surface area contributed by atoms with Crippen LogP contribution >= 0.6 is 23.2 Å². The number of hydrogen-bond acceptors (Lipinski definition) is 2. The van der Waals surface area contributed by atoms with Crippen molar-refractivity contribution in [3.8, 4) is 0 Å². The average molecular weight is 267 g/mol. The van der Waals surface area contributed by atoms with E-state index in [2.05, 4.69) is 10.3 Å². The molecule has 0 aliphatic heterocycles. The highest BCUT2D eigenvalue weighted by Crippen LogP contribution is 2.24. The van der Waals surface area contributed by atoms with Gasteiger partial charge in [-0.1, -0.05) is 23.2 Å². The van der Waals surface area contributed by atoms with Gasteiger partial charge in [0.1, 0.15) is 0 Å². The molecule has 0 aliphatic rings. The fourth-order valence-corrected chi connectivity index (χ4v) is 1.80. The molecule has 1 aromatic carbocycles. The molecule has 2 rings (SSSR count). The molecule has 0 atom stereocenters. The van der Waals surface area contributed by atoms with Crippen LogP contribution < -0.4 is 5.32 Å². The monoisotopic (exact) mass is 266 g/mol. The number of aromatic nitrogens is 1. The van der Waals surface area contributed by atoms with E-state index in [0.29, 0.717) is 10.0 Å². The fraction of sp³-hybridized carbons (Fsp3) is 0.154. The topological polar surface area (TPSA) is 24.9 Å². The summed E-state index contributed by atoms with van der Waals surface area (Å²) in [6.45, 7) is 0.849. The van der Waals surface area contributed by atoms with Crippen LogP contribution in [0, 0.1) is 0 Å². The first-order chi connectivity index (χ1) is 8.25. The number of hydrogen-bond donors (Lipinski definition) is 1. The molecule has 1 aromatic heterocycles. The molecule has 0 spiro atoms. The Labute approximate surface area is 111 Å². The van der Waals surface area contributed by atoms with Crippen LogP contribution in [0.15, 0.2) is 42.7 Å². The Balaban J connectivity index is 1.88. The second-order valence-corrected chi connectivity index (χ2v) is 4.48. The first-order valence-electron chi connectivity index (χ1n) is 5.33. The third-order valence-electron chi connectivity index (χ3n) is 2.41. The molecule has 2 nitrogen and oxygen atoms in total. The predicted molar refractivity (Wildman–Crippen MR) is 72.9 cm³/mol. The van der Waals surface area contributed by atoms with Crippen molar-refractivity contribution in [2.24, 2.45) is 0 Å². The highest BCUT2D eigenvalue weighted by atomic mass is 35.5. The Kier molecular flexibility index (Phi) is 4.24. The molecule has 0 amide bonds. The molecule has 0 unspecified atom stereocenters. The zero-order chi connectivity index (χ0) is 12.1. The van der Waals surface area contributed by atoms with E-state index in [-0.39, 0.29) is 0 Å². The van der Waals surface area contributed by atoms with Gasteiger partial charge in [-0.3, -0.25) is 4.98 Å². The van der Waals surface area contributed by atoms with Crippen molar-refractivity contribution in [2.75, 3.05) is 11.9 Å². The molecule has 88 valence electrons. The maximum atomic E-state index is 5.93. The standard InChI is InChI=1S/C13H12Cl2N2/c14-12-2-1-11(9-13(12)15)17-8-5-10-3-6-16-7-4-10/h1-4,6-7,9,17H,5,8H2. The Morgan fingerprint density at radius 2 is 1.76 bits per heavy atom. The minimum Gasteiger partial charge on any atom is -0.385 e. The number of anilines is 1. The Hall–Kier alpha value is -1.25. The Bertz CT molecular complexity index is 486. The van der Waals surface area contributed by atoms with Crippen LogP contribution in [0.5, 0.6) is 0 Å². The van der Waals surface area contributed by atoms with Gasteiger partial charge in [0.25, 0.3) is 0 Å². The lowest BCUT2D eigenvalue weighted by molar-refractivity contribution is 1.01. The number of benzene rings is 1. The molecule has 0 radical (unpaired) electrons. The quantitative estimate of drug-likeness (QED) is 0.904. The smallest absolute Gasteiger partial charge is 0.0612 e. The van der Waals surface area contributed by atoms with Gasteiger partial charge in [0.2, 0.25) is 0 Å². The lowest BCUT2D eigenvalue weighted by atomic mass is 10.2. The molecule has 2 aromatic rings. The predicted octanol–water partition coefficient (Wildman–Crippen LogP) is 4.04. The van der Waals surface area contributed by atoms with Crippen LogP contribution in [-0.2, 0) is 6.42 Å². The van der Waals surface area contributed by atoms with Gasteiger partial charge in [-0.25, -0.2) is 0 Å². The second-order valence-electron chi connectivity index (χ2n) is 3.66. The highest BCUT2D eigenvalue weighted by Gasteiger charge is 1.99. The zero-order valence-electron chi connectivity index (χ0n) is 9.16. The van der Waals surface area contributed by atoms with Gasteiger partial charge < -0.3 is 5.32 Å². The highest BCUT2D eigenvalue weighted by molar-refractivity contribution is 6.42. The van der Waals surface area contributed by atoms with Crippen molar-refractivity contribution in [2.45, 2.75) is 6.42 Å². The van der Waals surface area contributed by atoms with Crippen molar-refractivity contribution >= 4 is 28.9 Å². The summed E-state index contributed by atoms with van der Waals surface area (Å²) in [7, 11) is 0. The molecule has 1 heterocycles. The summed E-state index contributed by atoms with van der Waals surface area (Å²) < 4.78 is 0. The maximum absolute atomic E-state index is 5.93. The van der Waals surface area contributed by atoms with Gasteiger partial charge >= 0.3 is 0 Å². The largest absolute Gasteiger partial charge is 0.385 e. The zero-order valence-corrected chi connectivity index (χ0v) is 10.7. The van der Waals surface area contributed by atoms with Crippen molar-refractivity contribution in [1.82, 2.24) is 4.98 Å². The molecule has 4 heteroatoms. The lowest BCUT2D eigenvalue weighted by Gasteiger charge is -2.07. The summed E-state index contributed by atoms with van der Waals surface area (Å²) in [4.78, 5) is 3.98. The van der Waals surface area contributed by atoms with Gasteiger partial charge in [0, 0.05) is 24.6 Å². The van der Waals surface area contributed by atoms with E-state index in [0.717, 1.165) is 18.7 Å². The van der Waals surface area contributed by atoms with Gasteiger partial charge in [0.05, 0.1) is 10.0 Å². The summed E-state index contributed by atoms with van der Waals surface area (Å²) in [6, 6.07) is 9.56. The van der Waals surface area contributed by atoms with Gasteiger partial charge in [-0.15, -0.1) is 0 Å². The van der Waals surface area contributed by atoms with Crippen molar-refractivity contribution in [3.05, 3.63) is 58.3 Å². The Morgan fingerprint density at radius 1 is 1.00 bits per heavy atom. The van der Waals surface area contributed by atoms with Gasteiger partial charge in [-0.05, 0) is 42.3 Å². The lowest BCUT2D eigenvalue weighted by Crippen LogP contribution is -2.04. The normalized spacial score (nSPS) is 10.2. The van der Waals surface area contributed by atoms with Gasteiger partial charge in [-0.2, -0.15) is 0 Å². The number of pyridine rings is 1. The van der Waals surface area contributed by atoms with E-state index in [1.807, 2.05) is 24.3 Å². The van der Waals surface area contributed by atoms with Crippen molar-refractivity contribution < 1.29 is 0 Å². The van der Waals surface area contributed by atoms with E-state index in [1.165, 1.54) is 5.56 Å². The summed E-state index contributed by atoms with van der Waals surface area (Å²) >= 11 is 11.8. The molecule has 1 N–H and O–H groups in total. The van der Waals surface area contributed by atoms with Crippen LogP contribution in [0.4, 0.5) is 5.69 Å². The number of rotatable bonds is 4. The van der Waals surface area contributed by atoms with Crippen LogP contribution in [0.3, 0.4) is 0 Å². The molecule has 0 aliphatic carbocycles. The van der Waals surface area contributed by atoms with E-state index in [9.17, 15) is 0 Å². The molecule has 0 bridgehead atoms. The van der Waals surface area contributed by atoms with Crippen LogP contribution in [0.25, 0.3) is 0 Å². The average Bonchev–Trinajstić information content (AvgIpc) is 2.35. The molecular weight excluding hydrogens is 255 g/mol. The summed E-state index contributed by atoms with van der Waals surface area (Å²) in [6.07, 6.45) is 4.55. The van der Waals surface area contributed by atoms with Crippen molar-refractivity contribution in [1.29, 1.82) is 0 Å². The third-order valence-corrected chi connectivity index (χ3v) is 3.15. The van der Waals surface area contributed by atoms with E-state index in [4.69, 9.17) is 23.2 Å². The minimum atomic E-state index is 0.570. The van der Waals surface area contributed by atoms with Gasteiger partial charge in [0.15, 0.2) is 0 Å². The van der Waals surface area contributed by atoms with Crippen molar-refractivity contribution in [3.63, 3.8) is 0 Å². The third kappa shape index (κ3) is 3.62. The van der Waals surface area contributed by atoms with Crippen LogP contribution in [-0.4, -0.2) is 11.5 Å². The van der Waals surface area contributed by atoms with E-state index < -0.39 is 0 Å². The summed E-state index contributed by atoms with van der Waals surface area (Å²) in [5.41, 5.74) is 2.24. The van der Waals surface area contributed by atoms with Crippen LogP contribution in [0.2, 0.25) is 10.0 Å². The number of nitrogens with zero attached hydrogens (tertiary/aromatic N) is 1. The first kappa shape index (κ1) is 12.2. The summed E-state index contributed by atoms with van der Waals surface area (Å²) in [5.74, 6) is 0. The minimum absolute atomic E-state index is 0.570. The van der Waals surface area contributed by atoms with Crippen LogP contribution in [0.1, 0.15) is 5.56 Å². The SMILES string of the molecule is Clc1ccc(NCCc2ccncc2)cc1Cl. The number of halogens is 2. The van der Waals surface area contributed by atoms with E-state index in [1.54, 1.807) is 18.5 Å². The number of nitrogens with one attached hydrogen (secondary N) is 1. The fourth-order valence-electron chi connectivity index (χ4n) is 1.51. The maximum Gasteiger partial charge on any atom is 0.0612 e. The Morgan fingerprint density at radius 3 is 2.47 bits per heavy atom. The molecule has 0 fully saturated rings. The second kappa shape index (κ2) is 5.89. The molecular formula is C13H12Cl2N2. The van der Waals surface area contributed by atoms with E-state index >= 15 is 0 Å². The molecule has 17 heavy (non-hydrogen) atoms. The molecule has 0 saturated heterocycles. The first-order valence-corrected chi connectivity index (χ1v) is 6.09. The molecule has 0 saturated carbocycles.